The molecule has 6 nitrogen and oxygen atoms in total. The summed E-state index contributed by atoms with van der Waals surface area (Å²) in [7, 11) is -2.67. The summed E-state index contributed by atoms with van der Waals surface area (Å²) in [6.45, 7) is 6.49. The van der Waals surface area contributed by atoms with E-state index in [1.54, 1.807) is 0 Å². The second kappa shape index (κ2) is 12.5. The van der Waals surface area contributed by atoms with Crippen LogP contribution < -0.4 is 15.8 Å². The lowest BCUT2D eigenvalue weighted by Crippen LogP contribution is -2.70. The van der Waals surface area contributed by atoms with E-state index in [1.165, 1.54) is 24.9 Å². The van der Waals surface area contributed by atoms with E-state index in [0.717, 1.165) is 17.4 Å². The van der Waals surface area contributed by atoms with Gasteiger partial charge in [0.25, 0.3) is 5.91 Å². The lowest BCUT2D eigenvalue weighted by atomic mass is 9.97. The van der Waals surface area contributed by atoms with E-state index in [-0.39, 0.29) is 12.2 Å². The summed E-state index contributed by atoms with van der Waals surface area (Å²) in [6, 6.07) is 3.46. The van der Waals surface area contributed by atoms with Crippen molar-refractivity contribution in [2.24, 2.45) is 5.92 Å². The van der Waals surface area contributed by atoms with Crippen molar-refractivity contribution in [1.82, 2.24) is 5.32 Å². The predicted molar refractivity (Wildman–Crippen MR) is 123 cm³/mol. The van der Waals surface area contributed by atoms with Crippen LogP contribution in [0.2, 0.25) is 13.1 Å². The van der Waals surface area contributed by atoms with Gasteiger partial charge in [0.1, 0.15) is 8.07 Å². The number of carbonyl (C=O) groups excluding carboxylic acids is 2. The smallest absolute Gasteiger partial charge is 0.358 e. The molecule has 0 aromatic heterocycles. The third kappa shape index (κ3) is 7.69. The summed E-state index contributed by atoms with van der Waals surface area (Å²) in [5, 5.41) is 1.68. The molecule has 0 spiro atoms. The van der Waals surface area contributed by atoms with Crippen LogP contribution in [-0.4, -0.2) is 75.3 Å². The van der Waals surface area contributed by atoms with Crippen LogP contribution in [0.5, 0.6) is 0 Å². The van der Waals surface area contributed by atoms with Gasteiger partial charge >= 0.3 is 48.4 Å². The molecule has 264 valence electrons. The maximum atomic E-state index is 14.7. The van der Waals surface area contributed by atoms with Gasteiger partial charge in [0, 0.05) is 12.7 Å². The fourth-order valence-electron chi connectivity index (χ4n) is 3.37. The van der Waals surface area contributed by atoms with Gasteiger partial charge in [0.15, 0.2) is 0 Å². The highest BCUT2D eigenvalue weighted by Crippen LogP contribution is 2.56. The summed E-state index contributed by atoms with van der Waals surface area (Å²) in [6.07, 6.45) is -45.4. The molecule has 0 bridgehead atoms. The van der Waals surface area contributed by atoms with Gasteiger partial charge in [-0.25, -0.2) is 4.39 Å². The number of nitrogens with one attached hydrogen (secondary N) is 2. The molecule has 2 N–H and O–H groups in total. The van der Waals surface area contributed by atoms with Crippen LogP contribution >= 0.6 is 0 Å². The third-order valence-corrected chi connectivity index (χ3v) is 8.80. The molecule has 1 aromatic rings. The average Bonchev–Trinajstić information content (AvgIpc) is 2.83. The van der Waals surface area contributed by atoms with E-state index < -0.39 is 79.9 Å². The third-order valence-electron chi connectivity index (χ3n) is 5.98. The summed E-state index contributed by atoms with van der Waals surface area (Å²) < 4.78 is 239. The molecule has 0 heterocycles. The molecule has 46 heavy (non-hydrogen) atoms. The molecular weight excluding hydrogens is 707 g/mol. The van der Waals surface area contributed by atoms with Gasteiger partial charge in [-0.05, 0) is 12.1 Å². The number of hydrogen-bond donors (Lipinski definition) is 2. The number of amides is 2. The zero-order valence-electron chi connectivity index (χ0n) is 22.7. The topological polar surface area (TPSA) is 76.7 Å². The van der Waals surface area contributed by atoms with Gasteiger partial charge in [-0.3, -0.25) is 19.1 Å². The molecule has 1 aromatic carbocycles. The number of benzene rings is 1. The molecule has 0 saturated carbocycles. The highest BCUT2D eigenvalue weighted by Gasteiger charge is 2.84. The number of anilines is 1. The Morgan fingerprint density at radius 2 is 1.24 bits per heavy atom. The van der Waals surface area contributed by atoms with Crippen molar-refractivity contribution in [3.63, 3.8) is 0 Å². The number of halogens is 17. The Labute approximate surface area is 246 Å². The quantitative estimate of drug-likeness (QED) is 0.202. The van der Waals surface area contributed by atoms with Crippen molar-refractivity contribution in [3.8, 4) is 0 Å². The van der Waals surface area contributed by atoms with Gasteiger partial charge in [-0.1, -0.05) is 36.1 Å². The van der Waals surface area contributed by atoms with E-state index in [0.29, 0.717) is 11.4 Å². The van der Waals surface area contributed by atoms with Gasteiger partial charge in [-0.2, -0.15) is 70.2 Å². The van der Waals surface area contributed by atoms with E-state index in [4.69, 9.17) is 0 Å². The Bertz CT molecular complexity index is 1280. The fourth-order valence-corrected chi connectivity index (χ4v) is 4.65. The summed E-state index contributed by atoms with van der Waals surface area (Å²) >= 11 is 0. The average molecular weight is 726 g/mol. The Hall–Kier alpha value is -3.15. The minimum Gasteiger partial charge on any atom is -0.358 e. The zero-order valence-corrected chi connectivity index (χ0v) is 23.7. The SMILES string of the molecule is C=C[Si](C)(C)c1cccc(NC(=O)C(OC(F)(F)C(F)(F)OC(F)(C(C(=O)NC)C(F)(F)F)C(F)(F)F)(C(F)(F)F)C(F)(F)F)c1. The Kier molecular flexibility index (Phi) is 11.1. The molecule has 0 aliphatic carbocycles. The van der Waals surface area contributed by atoms with Crippen LogP contribution in [0, 0.1) is 5.92 Å². The van der Waals surface area contributed by atoms with Crippen molar-refractivity contribution in [1.29, 1.82) is 0 Å². The molecule has 2 amide bonds. The van der Waals surface area contributed by atoms with E-state index in [2.05, 4.69) is 11.3 Å². The molecule has 2 atom stereocenters. The minimum atomic E-state index is -7.88. The second-order valence-electron chi connectivity index (χ2n) is 9.61. The first-order valence-electron chi connectivity index (χ1n) is 11.6. The first-order chi connectivity index (χ1) is 20.2. The molecule has 1 rings (SSSR count). The fraction of sp³-hybridized carbons (Fsp3) is 0.545. The van der Waals surface area contributed by atoms with Crippen molar-refractivity contribution >= 4 is 30.8 Å². The minimum absolute atomic E-state index is 0.0591. The van der Waals surface area contributed by atoms with Crippen LogP contribution in [0.15, 0.2) is 36.5 Å². The highest BCUT2D eigenvalue weighted by atomic mass is 28.3. The molecule has 0 saturated heterocycles. The lowest BCUT2D eigenvalue weighted by Gasteiger charge is -2.41. The van der Waals surface area contributed by atoms with Gasteiger partial charge in [0.2, 0.25) is 11.8 Å². The largest absolute Gasteiger partial charge is 0.451 e. The van der Waals surface area contributed by atoms with Crippen molar-refractivity contribution in [2.45, 2.75) is 61.5 Å². The molecule has 0 fully saturated rings. The Morgan fingerprint density at radius 1 is 0.783 bits per heavy atom. The van der Waals surface area contributed by atoms with Crippen molar-refractivity contribution in [3.05, 3.63) is 36.5 Å². The van der Waals surface area contributed by atoms with Crippen LogP contribution in [-0.2, 0) is 19.1 Å². The number of hydrogen-bond acceptors (Lipinski definition) is 4. The van der Waals surface area contributed by atoms with E-state index >= 15 is 0 Å². The normalized spacial score (nSPS) is 16.3. The molecular formula is C22H19F17N2O4Si. The Balaban J connectivity index is 3.90. The van der Waals surface area contributed by atoms with E-state index in [1.807, 2.05) is 4.74 Å². The molecule has 24 heteroatoms. The zero-order chi connectivity index (χ0) is 36.8. The summed E-state index contributed by atoms with van der Waals surface area (Å²) in [5.41, 5.74) is -6.86. The van der Waals surface area contributed by atoms with Crippen molar-refractivity contribution in [2.75, 3.05) is 12.4 Å². The maximum absolute atomic E-state index is 14.7. The van der Waals surface area contributed by atoms with Gasteiger partial charge < -0.3 is 10.6 Å². The predicted octanol–water partition coefficient (Wildman–Crippen LogP) is 6.50. The number of ether oxygens (including phenoxy) is 2. The highest BCUT2D eigenvalue weighted by molar-refractivity contribution is 6.93. The molecule has 0 aliphatic rings. The monoisotopic (exact) mass is 726 g/mol. The van der Waals surface area contributed by atoms with Gasteiger partial charge in [-0.15, -0.1) is 6.58 Å². The number of alkyl halides is 17. The number of rotatable bonds is 11. The molecule has 0 radical (unpaired) electrons. The molecule has 0 aliphatic heterocycles. The van der Waals surface area contributed by atoms with Gasteiger partial charge in [0.05, 0.1) is 0 Å². The van der Waals surface area contributed by atoms with E-state index in [9.17, 15) is 84.2 Å². The van der Waals surface area contributed by atoms with Crippen LogP contribution in [0.25, 0.3) is 0 Å². The second-order valence-corrected chi connectivity index (χ2v) is 14.0. The first-order valence-corrected chi connectivity index (χ1v) is 14.6. The molecule has 2 unspecified atom stereocenters. The summed E-state index contributed by atoms with van der Waals surface area (Å²) in [5.74, 6) is -19.8. The lowest BCUT2D eigenvalue weighted by molar-refractivity contribution is -0.528. The van der Waals surface area contributed by atoms with Crippen LogP contribution in [0.3, 0.4) is 0 Å². The Morgan fingerprint density at radius 3 is 1.61 bits per heavy atom. The maximum Gasteiger partial charge on any atom is 0.451 e. The summed E-state index contributed by atoms with van der Waals surface area (Å²) in [4.78, 5) is 23.8. The number of carbonyl (C=O) groups is 2. The van der Waals surface area contributed by atoms with Crippen LogP contribution in [0.1, 0.15) is 0 Å². The van der Waals surface area contributed by atoms with Crippen LogP contribution in [0.4, 0.5) is 80.3 Å². The first kappa shape index (κ1) is 40.9. The van der Waals surface area contributed by atoms with Crippen molar-refractivity contribution < 1.29 is 93.7 Å². The standard InChI is InChI=1S/C22H19F17N2O4Si/c1-5-46(3,4)11-8-6-7-10(9-11)41-14(43)15(18(27,28)29,19(30,31)32)44-21(36,37)22(38,39)45-16(23,20(33,34)35)12(13(42)40-2)17(24,25)26/h5-9,12H,1H2,2-4H3,(H,40,42)(H,41,43).